The maximum absolute atomic E-state index is 12.0. The summed E-state index contributed by atoms with van der Waals surface area (Å²) in [5, 5.41) is 3.44. The molecule has 72 valence electrons. The summed E-state index contributed by atoms with van der Waals surface area (Å²) >= 11 is 0. The van der Waals surface area contributed by atoms with Crippen LogP contribution in [0.4, 0.5) is 4.39 Å². The van der Waals surface area contributed by atoms with E-state index in [1.807, 2.05) is 0 Å². The van der Waals surface area contributed by atoms with E-state index < -0.39 is 0 Å². The first kappa shape index (κ1) is 9.93. The van der Waals surface area contributed by atoms with E-state index in [-0.39, 0.29) is 6.67 Å². The predicted octanol–water partition coefficient (Wildman–Crippen LogP) is 1.03. The molecule has 0 aliphatic carbocycles. The molecule has 1 aliphatic rings. The average Bonchev–Trinajstić information content (AvgIpc) is 2.06. The van der Waals surface area contributed by atoms with Gasteiger partial charge < -0.3 is 5.32 Å². The largest absolute Gasteiger partial charge is 0.311 e. The van der Waals surface area contributed by atoms with Gasteiger partial charge in [-0.15, -0.1) is 0 Å². The Bertz CT molecular complexity index is 103. The molecule has 0 spiro atoms. The molecule has 12 heavy (non-hydrogen) atoms. The highest BCUT2D eigenvalue weighted by Gasteiger charge is 2.17. The standard InChI is InChI=1S/C9H19FN2/c1-2-3-9-8-12(6-4-10)7-5-11-9/h9,11H,2-8H2,1H3. The van der Waals surface area contributed by atoms with E-state index in [4.69, 9.17) is 0 Å². The Balaban J connectivity index is 2.20. The Hall–Kier alpha value is -0.150. The van der Waals surface area contributed by atoms with Gasteiger partial charge in [-0.1, -0.05) is 13.3 Å². The van der Waals surface area contributed by atoms with E-state index in [0.29, 0.717) is 12.6 Å². The predicted molar refractivity (Wildman–Crippen MR) is 49.1 cm³/mol. The van der Waals surface area contributed by atoms with Gasteiger partial charge in [0.2, 0.25) is 0 Å². The van der Waals surface area contributed by atoms with E-state index in [9.17, 15) is 4.39 Å². The van der Waals surface area contributed by atoms with Crippen molar-refractivity contribution in [3.8, 4) is 0 Å². The van der Waals surface area contributed by atoms with Crippen molar-refractivity contribution in [2.75, 3.05) is 32.9 Å². The average molecular weight is 174 g/mol. The van der Waals surface area contributed by atoms with Crippen molar-refractivity contribution in [2.24, 2.45) is 0 Å². The first-order valence-electron chi connectivity index (χ1n) is 4.88. The number of hydrogen-bond acceptors (Lipinski definition) is 2. The lowest BCUT2D eigenvalue weighted by Gasteiger charge is -2.32. The molecule has 1 atom stereocenters. The Labute approximate surface area is 74.1 Å². The van der Waals surface area contributed by atoms with Crippen molar-refractivity contribution in [1.82, 2.24) is 10.2 Å². The van der Waals surface area contributed by atoms with Crippen LogP contribution in [0.25, 0.3) is 0 Å². The van der Waals surface area contributed by atoms with Crippen LogP contribution in [0.15, 0.2) is 0 Å². The molecule has 1 aliphatic heterocycles. The first-order valence-corrected chi connectivity index (χ1v) is 4.88. The summed E-state index contributed by atoms with van der Waals surface area (Å²) in [6, 6.07) is 0.593. The third kappa shape index (κ3) is 3.07. The molecule has 0 aromatic carbocycles. The fourth-order valence-electron chi connectivity index (χ4n) is 1.76. The van der Waals surface area contributed by atoms with Crippen LogP contribution in [-0.2, 0) is 0 Å². The summed E-state index contributed by atoms with van der Waals surface area (Å²) in [6.45, 7) is 5.64. The first-order chi connectivity index (χ1) is 5.86. The Kier molecular flexibility index (Phi) is 4.54. The molecule has 0 radical (unpaired) electrons. The number of halogens is 1. The molecule has 3 heteroatoms. The summed E-state index contributed by atoms with van der Waals surface area (Å²) in [5.74, 6) is 0. The second-order valence-electron chi connectivity index (χ2n) is 3.43. The second-order valence-corrected chi connectivity index (χ2v) is 3.43. The topological polar surface area (TPSA) is 15.3 Å². The molecule has 1 saturated heterocycles. The molecule has 1 N–H and O–H groups in total. The van der Waals surface area contributed by atoms with E-state index in [0.717, 1.165) is 19.6 Å². The van der Waals surface area contributed by atoms with Gasteiger partial charge in [0.25, 0.3) is 0 Å². The van der Waals surface area contributed by atoms with E-state index in [2.05, 4.69) is 17.1 Å². The van der Waals surface area contributed by atoms with Crippen molar-refractivity contribution < 1.29 is 4.39 Å². The zero-order valence-corrected chi connectivity index (χ0v) is 7.85. The molecule has 1 heterocycles. The van der Waals surface area contributed by atoms with Crippen LogP contribution < -0.4 is 5.32 Å². The van der Waals surface area contributed by atoms with Crippen molar-refractivity contribution in [1.29, 1.82) is 0 Å². The monoisotopic (exact) mass is 174 g/mol. The van der Waals surface area contributed by atoms with Gasteiger partial charge in [0.15, 0.2) is 0 Å². The summed E-state index contributed by atoms with van der Waals surface area (Å²) in [7, 11) is 0. The lowest BCUT2D eigenvalue weighted by Crippen LogP contribution is -2.50. The third-order valence-corrected chi connectivity index (χ3v) is 2.38. The van der Waals surface area contributed by atoms with Crippen molar-refractivity contribution >= 4 is 0 Å². The molecule has 0 amide bonds. The highest BCUT2D eigenvalue weighted by atomic mass is 19.1. The lowest BCUT2D eigenvalue weighted by atomic mass is 10.1. The summed E-state index contributed by atoms with van der Waals surface area (Å²) in [4.78, 5) is 2.21. The number of hydrogen-bond donors (Lipinski definition) is 1. The Morgan fingerprint density at radius 3 is 3.08 bits per heavy atom. The van der Waals surface area contributed by atoms with Gasteiger partial charge in [-0.05, 0) is 6.42 Å². The van der Waals surface area contributed by atoms with E-state index >= 15 is 0 Å². The summed E-state index contributed by atoms with van der Waals surface area (Å²) < 4.78 is 12.0. The van der Waals surface area contributed by atoms with Crippen molar-refractivity contribution in [3.63, 3.8) is 0 Å². The highest BCUT2D eigenvalue weighted by molar-refractivity contribution is 4.77. The van der Waals surface area contributed by atoms with E-state index in [1.165, 1.54) is 12.8 Å². The molecular formula is C9H19FN2. The minimum Gasteiger partial charge on any atom is -0.311 e. The maximum atomic E-state index is 12.0. The number of nitrogens with zero attached hydrogens (tertiary/aromatic N) is 1. The number of alkyl halides is 1. The van der Waals surface area contributed by atoms with Crippen LogP contribution in [0.3, 0.4) is 0 Å². The fraction of sp³-hybridized carbons (Fsp3) is 1.00. The second kappa shape index (κ2) is 5.49. The van der Waals surface area contributed by atoms with E-state index in [1.54, 1.807) is 0 Å². The third-order valence-electron chi connectivity index (χ3n) is 2.38. The van der Waals surface area contributed by atoms with Crippen LogP contribution in [0.2, 0.25) is 0 Å². The van der Waals surface area contributed by atoms with Crippen LogP contribution in [0.5, 0.6) is 0 Å². The molecule has 0 aromatic heterocycles. The number of rotatable bonds is 4. The van der Waals surface area contributed by atoms with Crippen LogP contribution in [0.1, 0.15) is 19.8 Å². The Morgan fingerprint density at radius 1 is 1.58 bits per heavy atom. The smallest absolute Gasteiger partial charge is 0.102 e. The van der Waals surface area contributed by atoms with Crippen LogP contribution in [-0.4, -0.2) is 43.8 Å². The molecule has 0 bridgehead atoms. The SMILES string of the molecule is CCCC1CN(CCF)CCN1. The van der Waals surface area contributed by atoms with Crippen LogP contribution in [0, 0.1) is 0 Å². The van der Waals surface area contributed by atoms with Gasteiger partial charge in [-0.2, -0.15) is 0 Å². The highest BCUT2D eigenvalue weighted by Crippen LogP contribution is 2.04. The van der Waals surface area contributed by atoms with Gasteiger partial charge in [-0.25, -0.2) is 4.39 Å². The number of nitrogens with one attached hydrogen (secondary N) is 1. The van der Waals surface area contributed by atoms with Crippen molar-refractivity contribution in [3.05, 3.63) is 0 Å². The van der Waals surface area contributed by atoms with Gasteiger partial charge in [0.1, 0.15) is 6.67 Å². The molecule has 0 aromatic rings. The summed E-state index contributed by atoms with van der Waals surface area (Å²) in [6.07, 6.45) is 2.42. The van der Waals surface area contributed by atoms with Gasteiger partial charge >= 0.3 is 0 Å². The van der Waals surface area contributed by atoms with Crippen LogP contribution >= 0.6 is 0 Å². The zero-order valence-electron chi connectivity index (χ0n) is 7.85. The minimum absolute atomic E-state index is 0.209. The minimum atomic E-state index is -0.209. The molecule has 1 fully saturated rings. The van der Waals surface area contributed by atoms with Gasteiger partial charge in [-0.3, -0.25) is 4.90 Å². The quantitative estimate of drug-likeness (QED) is 0.685. The fourth-order valence-corrected chi connectivity index (χ4v) is 1.76. The molecule has 0 saturated carbocycles. The van der Waals surface area contributed by atoms with Crippen molar-refractivity contribution in [2.45, 2.75) is 25.8 Å². The Morgan fingerprint density at radius 2 is 2.42 bits per heavy atom. The normalized spacial score (nSPS) is 26.0. The van der Waals surface area contributed by atoms with Gasteiger partial charge in [0, 0.05) is 32.2 Å². The lowest BCUT2D eigenvalue weighted by molar-refractivity contribution is 0.181. The molecule has 1 rings (SSSR count). The molecule has 1 unspecified atom stereocenters. The molecular weight excluding hydrogens is 155 g/mol. The maximum Gasteiger partial charge on any atom is 0.102 e. The molecule has 2 nitrogen and oxygen atoms in total. The van der Waals surface area contributed by atoms with Gasteiger partial charge in [0.05, 0.1) is 0 Å². The summed E-state index contributed by atoms with van der Waals surface area (Å²) in [5.41, 5.74) is 0. The number of piperazine rings is 1. The zero-order chi connectivity index (χ0) is 8.81.